The van der Waals surface area contributed by atoms with Crippen molar-refractivity contribution in [2.24, 2.45) is 0 Å². The molecule has 9 nitrogen and oxygen atoms in total. The summed E-state index contributed by atoms with van der Waals surface area (Å²) in [6.45, 7) is 7.37. The molecule has 1 aromatic heterocycles. The van der Waals surface area contributed by atoms with Gasteiger partial charge in [0.15, 0.2) is 11.0 Å². The molecular weight excluding hydrogens is 538 g/mol. The predicted molar refractivity (Wildman–Crippen MR) is 161 cm³/mol. The van der Waals surface area contributed by atoms with Crippen molar-refractivity contribution in [3.63, 3.8) is 0 Å². The first-order chi connectivity index (χ1) is 20.0. The minimum absolute atomic E-state index is 0.141. The second-order valence-corrected chi connectivity index (χ2v) is 10.2. The Bertz CT molecular complexity index is 1440. The van der Waals surface area contributed by atoms with E-state index in [1.54, 1.807) is 24.3 Å². The van der Waals surface area contributed by atoms with Crippen LogP contribution in [0.1, 0.15) is 48.4 Å². The Kier molecular flexibility index (Phi) is 10.8. The van der Waals surface area contributed by atoms with Gasteiger partial charge in [-0.2, -0.15) is 0 Å². The minimum atomic E-state index is -0.238. The molecule has 214 valence electrons. The van der Waals surface area contributed by atoms with Crippen LogP contribution in [-0.2, 0) is 11.3 Å². The van der Waals surface area contributed by atoms with Gasteiger partial charge in [0.2, 0.25) is 5.91 Å². The summed E-state index contributed by atoms with van der Waals surface area (Å²) in [5.41, 5.74) is 3.11. The molecule has 0 saturated carbocycles. The maximum atomic E-state index is 12.9. The lowest BCUT2D eigenvalue weighted by atomic mass is 10.2. The Morgan fingerprint density at radius 3 is 2.37 bits per heavy atom. The molecule has 0 spiro atoms. The average molecular weight is 574 g/mol. The van der Waals surface area contributed by atoms with Crippen molar-refractivity contribution in [2.45, 2.75) is 45.3 Å². The molecule has 4 rings (SSSR count). The largest absolute Gasteiger partial charge is 0.494 e. The van der Waals surface area contributed by atoms with E-state index in [0.29, 0.717) is 29.8 Å². The number of hydrogen-bond acceptors (Lipinski definition) is 7. The van der Waals surface area contributed by atoms with E-state index in [1.807, 2.05) is 66.9 Å². The van der Waals surface area contributed by atoms with E-state index in [2.05, 4.69) is 27.8 Å². The van der Waals surface area contributed by atoms with E-state index in [0.717, 1.165) is 41.3 Å². The fourth-order valence-electron chi connectivity index (χ4n) is 3.97. The summed E-state index contributed by atoms with van der Waals surface area (Å²) in [6.07, 6.45) is 2.04. The van der Waals surface area contributed by atoms with Crippen LogP contribution < -0.4 is 20.1 Å². The fraction of sp³-hybridized carbons (Fsp3) is 0.290. The van der Waals surface area contributed by atoms with Crippen molar-refractivity contribution in [1.29, 1.82) is 0 Å². The summed E-state index contributed by atoms with van der Waals surface area (Å²) in [6, 6.07) is 22.2. The summed E-state index contributed by atoms with van der Waals surface area (Å²) in [7, 11) is 0. The molecule has 2 N–H and O–H groups in total. The van der Waals surface area contributed by atoms with E-state index >= 15 is 0 Å². The first kappa shape index (κ1) is 29.7. The number of thioether (sulfide) groups is 1. The number of hydrogen-bond donors (Lipinski definition) is 2. The SMILES string of the molecule is CCCCOc1ccc(C(=O)NCc2nnc(SCC(=O)Nc3cccc(C)c3)n2-c2ccc(OCC)cc2)cc1. The van der Waals surface area contributed by atoms with Crippen molar-refractivity contribution >= 4 is 29.3 Å². The number of aryl methyl sites for hydroxylation is 1. The van der Waals surface area contributed by atoms with Crippen LogP contribution in [0.25, 0.3) is 5.69 Å². The van der Waals surface area contributed by atoms with Gasteiger partial charge in [0.05, 0.1) is 25.5 Å². The second-order valence-electron chi connectivity index (χ2n) is 9.28. The molecule has 0 aliphatic carbocycles. The molecule has 0 atom stereocenters. The van der Waals surface area contributed by atoms with Crippen LogP contribution in [-0.4, -0.2) is 45.5 Å². The number of carbonyl (C=O) groups excluding carboxylic acids is 2. The third kappa shape index (κ3) is 8.59. The molecule has 3 aromatic carbocycles. The molecule has 0 aliphatic rings. The van der Waals surface area contributed by atoms with Crippen molar-refractivity contribution < 1.29 is 19.1 Å². The number of ether oxygens (including phenoxy) is 2. The zero-order valence-corrected chi connectivity index (χ0v) is 24.4. The van der Waals surface area contributed by atoms with Crippen LogP contribution in [0, 0.1) is 6.92 Å². The van der Waals surface area contributed by atoms with Crippen LogP contribution in [0.5, 0.6) is 11.5 Å². The molecule has 1 heterocycles. The highest BCUT2D eigenvalue weighted by atomic mass is 32.2. The first-order valence-corrected chi connectivity index (χ1v) is 14.6. The zero-order chi connectivity index (χ0) is 29.0. The molecule has 10 heteroatoms. The minimum Gasteiger partial charge on any atom is -0.494 e. The maximum Gasteiger partial charge on any atom is 0.251 e. The van der Waals surface area contributed by atoms with E-state index in [9.17, 15) is 9.59 Å². The lowest BCUT2D eigenvalue weighted by Gasteiger charge is -2.12. The van der Waals surface area contributed by atoms with Gasteiger partial charge in [0, 0.05) is 16.9 Å². The molecule has 41 heavy (non-hydrogen) atoms. The lowest BCUT2D eigenvalue weighted by Crippen LogP contribution is -2.24. The van der Waals surface area contributed by atoms with E-state index in [1.165, 1.54) is 11.8 Å². The van der Waals surface area contributed by atoms with Gasteiger partial charge in [-0.25, -0.2) is 0 Å². The number of benzene rings is 3. The number of carbonyl (C=O) groups is 2. The van der Waals surface area contributed by atoms with Gasteiger partial charge in [-0.1, -0.05) is 37.2 Å². The molecule has 0 radical (unpaired) electrons. The number of rotatable bonds is 14. The standard InChI is InChI=1S/C31H35N5O4S/c1-4-6-18-40-27-14-10-23(11-15-27)30(38)32-20-28-34-35-31(36(28)25-12-16-26(17-13-25)39-5-2)41-21-29(37)33-24-9-7-8-22(3)19-24/h7-17,19H,4-6,18,20-21H2,1-3H3,(H,32,38)(H,33,37). The summed E-state index contributed by atoms with van der Waals surface area (Å²) in [5, 5.41) is 15.1. The first-order valence-electron chi connectivity index (χ1n) is 13.6. The van der Waals surface area contributed by atoms with Gasteiger partial charge in [0.25, 0.3) is 5.91 Å². The van der Waals surface area contributed by atoms with Gasteiger partial charge in [-0.05, 0) is 86.5 Å². The number of amides is 2. The highest BCUT2D eigenvalue weighted by Gasteiger charge is 2.17. The highest BCUT2D eigenvalue weighted by molar-refractivity contribution is 7.99. The predicted octanol–water partition coefficient (Wildman–Crippen LogP) is 5.81. The molecule has 0 aliphatic heterocycles. The van der Waals surface area contributed by atoms with Crippen LogP contribution in [0.2, 0.25) is 0 Å². The second kappa shape index (κ2) is 14.9. The quantitative estimate of drug-likeness (QED) is 0.145. The zero-order valence-electron chi connectivity index (χ0n) is 23.6. The Morgan fingerprint density at radius 1 is 0.927 bits per heavy atom. The lowest BCUT2D eigenvalue weighted by molar-refractivity contribution is -0.113. The highest BCUT2D eigenvalue weighted by Crippen LogP contribution is 2.24. The molecule has 0 fully saturated rings. The van der Waals surface area contributed by atoms with E-state index < -0.39 is 0 Å². The number of anilines is 1. The van der Waals surface area contributed by atoms with Crippen molar-refractivity contribution in [3.05, 3.63) is 89.7 Å². The Hall–Kier alpha value is -4.31. The number of unbranched alkanes of at least 4 members (excludes halogenated alkanes) is 1. The smallest absolute Gasteiger partial charge is 0.251 e. The van der Waals surface area contributed by atoms with Gasteiger partial charge < -0.3 is 20.1 Å². The third-order valence-corrected chi connectivity index (χ3v) is 6.96. The van der Waals surface area contributed by atoms with E-state index in [4.69, 9.17) is 9.47 Å². The maximum absolute atomic E-state index is 12.9. The molecule has 0 saturated heterocycles. The molecule has 0 unspecified atom stereocenters. The molecule has 4 aromatic rings. The van der Waals surface area contributed by atoms with Crippen LogP contribution >= 0.6 is 11.8 Å². The van der Waals surface area contributed by atoms with Crippen molar-refractivity contribution in [3.8, 4) is 17.2 Å². The number of nitrogens with one attached hydrogen (secondary N) is 2. The normalized spacial score (nSPS) is 10.7. The Labute approximate surface area is 244 Å². The molecule has 0 bridgehead atoms. The van der Waals surface area contributed by atoms with E-state index in [-0.39, 0.29) is 24.1 Å². The van der Waals surface area contributed by atoms with Crippen molar-refractivity contribution in [1.82, 2.24) is 20.1 Å². The van der Waals surface area contributed by atoms with Crippen LogP contribution in [0.3, 0.4) is 0 Å². The van der Waals surface area contributed by atoms with Crippen molar-refractivity contribution in [2.75, 3.05) is 24.3 Å². The van der Waals surface area contributed by atoms with Crippen LogP contribution in [0.4, 0.5) is 5.69 Å². The molecular formula is C31H35N5O4S. The van der Waals surface area contributed by atoms with Crippen LogP contribution in [0.15, 0.2) is 78.0 Å². The number of aromatic nitrogens is 3. The monoisotopic (exact) mass is 573 g/mol. The summed E-state index contributed by atoms with van der Waals surface area (Å²) in [5.74, 6) is 1.76. The van der Waals surface area contributed by atoms with Gasteiger partial charge in [-0.15, -0.1) is 10.2 Å². The Balaban J connectivity index is 1.46. The third-order valence-electron chi connectivity index (χ3n) is 6.03. The van der Waals surface area contributed by atoms with Gasteiger partial charge >= 0.3 is 0 Å². The Morgan fingerprint density at radius 2 is 1.66 bits per heavy atom. The summed E-state index contributed by atoms with van der Waals surface area (Å²) < 4.78 is 13.1. The average Bonchev–Trinajstić information content (AvgIpc) is 3.38. The number of nitrogens with zero attached hydrogens (tertiary/aromatic N) is 3. The van der Waals surface area contributed by atoms with Gasteiger partial charge in [0.1, 0.15) is 11.5 Å². The molecule has 2 amide bonds. The topological polar surface area (TPSA) is 107 Å². The summed E-state index contributed by atoms with van der Waals surface area (Å²) in [4.78, 5) is 25.6. The summed E-state index contributed by atoms with van der Waals surface area (Å²) >= 11 is 1.27. The fourth-order valence-corrected chi connectivity index (χ4v) is 4.74. The van der Waals surface area contributed by atoms with Gasteiger partial charge in [-0.3, -0.25) is 14.2 Å².